The summed E-state index contributed by atoms with van der Waals surface area (Å²) in [6.07, 6.45) is -5.58. The number of alkyl halides is 3. The smallest absolute Gasteiger partial charge is 0.390 e. The molecule has 0 radical (unpaired) electrons. The van der Waals surface area contributed by atoms with E-state index in [4.69, 9.17) is 15.1 Å². The highest BCUT2D eigenvalue weighted by molar-refractivity contribution is 9.10. The summed E-state index contributed by atoms with van der Waals surface area (Å²) < 4.78 is 62.9. The van der Waals surface area contributed by atoms with Crippen molar-refractivity contribution in [2.75, 3.05) is 13.6 Å². The zero-order valence-corrected chi connectivity index (χ0v) is 13.0. The molecule has 1 aromatic heterocycles. The van der Waals surface area contributed by atoms with Gasteiger partial charge in [0.05, 0.1) is 6.42 Å². The molecule has 0 fully saturated rings. The largest absolute Gasteiger partial charge is 0.443 e. The maximum Gasteiger partial charge on any atom is 0.390 e. The lowest BCUT2D eigenvalue weighted by molar-refractivity contribution is -0.136. The molecule has 20 heavy (non-hydrogen) atoms. The van der Waals surface area contributed by atoms with Crippen molar-refractivity contribution < 1.29 is 30.8 Å². The number of amides is 1. The maximum absolute atomic E-state index is 12.0. The van der Waals surface area contributed by atoms with Crippen molar-refractivity contribution in [2.45, 2.75) is 17.5 Å². The molecular weight excluding hydrogens is 391 g/mol. The zero-order valence-electron chi connectivity index (χ0n) is 9.87. The third kappa shape index (κ3) is 4.67. The van der Waals surface area contributed by atoms with Crippen LogP contribution in [-0.4, -0.2) is 39.0 Å². The molecule has 1 rings (SSSR count). The van der Waals surface area contributed by atoms with Crippen LogP contribution in [0.2, 0.25) is 0 Å². The van der Waals surface area contributed by atoms with Gasteiger partial charge in [-0.25, -0.2) is 8.42 Å². The van der Waals surface area contributed by atoms with Gasteiger partial charge in [0, 0.05) is 30.3 Å². The van der Waals surface area contributed by atoms with Crippen molar-refractivity contribution in [1.29, 1.82) is 0 Å². The molecule has 0 N–H and O–H groups in total. The molecule has 0 saturated carbocycles. The van der Waals surface area contributed by atoms with Crippen LogP contribution >= 0.6 is 26.6 Å². The molecule has 0 spiro atoms. The highest BCUT2D eigenvalue weighted by Gasteiger charge is 2.30. The summed E-state index contributed by atoms with van der Waals surface area (Å²) in [5.74, 6) is -1.32. The van der Waals surface area contributed by atoms with Crippen LogP contribution in [0.5, 0.6) is 0 Å². The Balaban J connectivity index is 2.88. The average molecular weight is 399 g/mol. The summed E-state index contributed by atoms with van der Waals surface area (Å²) in [7, 11) is 2.10. The molecule has 0 aliphatic rings. The lowest BCUT2D eigenvalue weighted by atomic mass is 10.3. The maximum atomic E-state index is 12.0. The van der Waals surface area contributed by atoms with Crippen molar-refractivity contribution in [2.24, 2.45) is 0 Å². The van der Waals surface area contributed by atoms with E-state index in [1.807, 2.05) is 0 Å². The van der Waals surface area contributed by atoms with Crippen LogP contribution in [0.25, 0.3) is 0 Å². The fourth-order valence-corrected chi connectivity index (χ4v) is 3.24. The minimum atomic E-state index is -4.40. The number of carbonyl (C=O) groups excluding carboxylic acids is 1. The topological polar surface area (TPSA) is 67.6 Å². The number of carbonyl (C=O) groups is 1. The van der Waals surface area contributed by atoms with E-state index < -0.39 is 44.8 Å². The third-order valence-corrected chi connectivity index (χ3v) is 4.39. The molecule has 0 saturated heterocycles. The van der Waals surface area contributed by atoms with E-state index in [0.29, 0.717) is 0 Å². The second kappa shape index (κ2) is 5.94. The first-order valence-corrected chi connectivity index (χ1v) is 8.08. The summed E-state index contributed by atoms with van der Waals surface area (Å²) in [4.78, 5) is 12.1. The van der Waals surface area contributed by atoms with Crippen LogP contribution < -0.4 is 0 Å². The summed E-state index contributed by atoms with van der Waals surface area (Å²) in [5.41, 5.74) is 0. The Kier molecular flexibility index (Phi) is 5.14. The molecule has 1 aromatic rings. The molecule has 1 heterocycles. The first kappa shape index (κ1) is 17.3. The van der Waals surface area contributed by atoms with Crippen molar-refractivity contribution in [3.8, 4) is 0 Å². The van der Waals surface area contributed by atoms with Crippen LogP contribution in [0, 0.1) is 0 Å². The first-order valence-electron chi connectivity index (χ1n) is 4.98. The van der Waals surface area contributed by atoms with Crippen LogP contribution in [0.1, 0.15) is 17.0 Å². The van der Waals surface area contributed by atoms with Gasteiger partial charge < -0.3 is 9.32 Å². The van der Waals surface area contributed by atoms with Gasteiger partial charge in [-0.05, 0) is 15.9 Å². The molecule has 1 amide bonds. The molecule has 0 aliphatic carbocycles. The van der Waals surface area contributed by atoms with Gasteiger partial charge in [0.25, 0.3) is 15.0 Å². The van der Waals surface area contributed by atoms with E-state index in [2.05, 4.69) is 15.9 Å². The molecular formula is C9H8BrClF3NO4S. The Morgan fingerprint density at radius 3 is 2.45 bits per heavy atom. The van der Waals surface area contributed by atoms with E-state index in [1.165, 1.54) is 0 Å². The molecule has 5 nitrogen and oxygen atoms in total. The molecule has 0 bridgehead atoms. The summed E-state index contributed by atoms with van der Waals surface area (Å²) >= 11 is 2.76. The predicted molar refractivity (Wildman–Crippen MR) is 67.1 cm³/mol. The van der Waals surface area contributed by atoms with Gasteiger partial charge in [0.2, 0.25) is 0 Å². The van der Waals surface area contributed by atoms with Crippen molar-refractivity contribution in [1.82, 2.24) is 4.90 Å². The lowest BCUT2D eigenvalue weighted by Crippen LogP contribution is -2.30. The van der Waals surface area contributed by atoms with E-state index >= 15 is 0 Å². The summed E-state index contributed by atoms with van der Waals surface area (Å²) in [6, 6.07) is 0.846. The summed E-state index contributed by atoms with van der Waals surface area (Å²) in [5, 5.41) is 0. The van der Waals surface area contributed by atoms with Gasteiger partial charge in [0.1, 0.15) is 4.90 Å². The monoisotopic (exact) mass is 397 g/mol. The second-order valence-electron chi connectivity index (χ2n) is 3.78. The zero-order chi connectivity index (χ0) is 15.7. The Morgan fingerprint density at radius 1 is 1.50 bits per heavy atom. The van der Waals surface area contributed by atoms with Crippen molar-refractivity contribution in [3.63, 3.8) is 0 Å². The average Bonchev–Trinajstić information content (AvgIpc) is 2.65. The Labute approximate surface area is 125 Å². The molecule has 114 valence electrons. The van der Waals surface area contributed by atoms with Crippen LogP contribution in [0.4, 0.5) is 13.2 Å². The third-order valence-electron chi connectivity index (χ3n) is 2.21. The van der Waals surface area contributed by atoms with E-state index in [0.717, 1.165) is 18.0 Å². The number of rotatable bonds is 4. The second-order valence-corrected chi connectivity index (χ2v) is 7.03. The first-order chi connectivity index (χ1) is 8.92. The highest BCUT2D eigenvalue weighted by Crippen LogP contribution is 2.29. The van der Waals surface area contributed by atoms with Gasteiger partial charge >= 0.3 is 6.18 Å². The standard InChI is InChI=1S/C9H8BrClF3NO4S/c1-15(3-2-9(12,13)14)8(16)5-4-6(7(10)19-5)20(11,17)18/h4H,2-3H2,1H3. The van der Waals surface area contributed by atoms with Gasteiger partial charge in [-0.2, -0.15) is 13.2 Å². The number of halogens is 5. The number of hydrogen-bond acceptors (Lipinski definition) is 4. The Hall–Kier alpha value is -0.740. The number of nitrogens with zero attached hydrogens (tertiary/aromatic N) is 1. The number of furan rings is 1. The molecule has 0 unspecified atom stereocenters. The predicted octanol–water partition coefficient (Wildman–Crippen LogP) is 2.99. The minimum absolute atomic E-state index is 0.292. The molecule has 0 aliphatic heterocycles. The molecule has 11 heteroatoms. The van der Waals surface area contributed by atoms with Crippen molar-refractivity contribution >= 4 is 41.6 Å². The van der Waals surface area contributed by atoms with Crippen LogP contribution in [0.3, 0.4) is 0 Å². The lowest BCUT2D eigenvalue weighted by Gasteiger charge is -2.16. The highest BCUT2D eigenvalue weighted by atomic mass is 79.9. The van der Waals surface area contributed by atoms with E-state index in [-0.39, 0.29) is 4.67 Å². The summed E-state index contributed by atoms with van der Waals surface area (Å²) in [6.45, 7) is -0.580. The van der Waals surface area contributed by atoms with Crippen LogP contribution in [-0.2, 0) is 9.05 Å². The minimum Gasteiger partial charge on any atom is -0.443 e. The normalized spacial score (nSPS) is 12.5. The number of hydrogen-bond donors (Lipinski definition) is 0. The Morgan fingerprint density at radius 2 is 2.05 bits per heavy atom. The van der Waals surface area contributed by atoms with E-state index in [1.54, 1.807) is 0 Å². The molecule has 0 atom stereocenters. The quantitative estimate of drug-likeness (QED) is 0.731. The fraction of sp³-hybridized carbons (Fsp3) is 0.444. The fourth-order valence-electron chi connectivity index (χ4n) is 1.21. The van der Waals surface area contributed by atoms with Gasteiger partial charge in [-0.1, -0.05) is 0 Å². The Bertz CT molecular complexity index is 613. The van der Waals surface area contributed by atoms with Crippen LogP contribution in [0.15, 0.2) is 20.0 Å². The molecule has 0 aromatic carbocycles. The van der Waals surface area contributed by atoms with E-state index in [9.17, 15) is 26.4 Å². The van der Waals surface area contributed by atoms with Gasteiger partial charge in [-0.3, -0.25) is 4.79 Å². The van der Waals surface area contributed by atoms with Gasteiger partial charge in [-0.15, -0.1) is 0 Å². The SMILES string of the molecule is CN(CCC(F)(F)F)C(=O)c1cc(S(=O)(=O)Cl)c(Br)o1. The van der Waals surface area contributed by atoms with Crippen molar-refractivity contribution in [3.05, 3.63) is 16.5 Å². The van der Waals surface area contributed by atoms with Gasteiger partial charge in [0.15, 0.2) is 10.4 Å².